The molecule has 1 aliphatic heterocycles. The van der Waals surface area contributed by atoms with Crippen LogP contribution in [0.25, 0.3) is 11.2 Å². The number of nitrogens with one attached hydrogen (secondary N) is 2. The number of rotatable bonds is 9. The van der Waals surface area contributed by atoms with E-state index in [4.69, 9.17) is 9.47 Å². The molecule has 2 fully saturated rings. The van der Waals surface area contributed by atoms with Crippen molar-refractivity contribution in [3.05, 3.63) is 35.7 Å². The van der Waals surface area contributed by atoms with E-state index in [1.54, 1.807) is 12.1 Å². The summed E-state index contributed by atoms with van der Waals surface area (Å²) in [5, 5.41) is 5.83. The molecule has 1 saturated heterocycles. The highest BCUT2D eigenvalue weighted by molar-refractivity contribution is 7.90. The van der Waals surface area contributed by atoms with Gasteiger partial charge >= 0.3 is 0 Å². The number of hydrogen-bond acceptors (Lipinski definition) is 8. The summed E-state index contributed by atoms with van der Waals surface area (Å²) in [6, 6.07) is 6.25. The number of nitrogens with zero attached hydrogens (tertiary/aromatic N) is 3. The fourth-order valence-electron chi connectivity index (χ4n) is 4.56. The molecule has 38 heavy (non-hydrogen) atoms. The van der Waals surface area contributed by atoms with Crippen molar-refractivity contribution >= 4 is 44.1 Å². The minimum absolute atomic E-state index is 0.00436. The molecule has 2 N–H and O–H groups in total. The van der Waals surface area contributed by atoms with E-state index < -0.39 is 28.3 Å². The molecule has 3 aromatic rings. The minimum Gasteiger partial charge on any atom is -0.380 e. The lowest BCUT2D eigenvalue weighted by Gasteiger charge is -2.25. The molecule has 0 bridgehead atoms. The maximum atomic E-state index is 14.2. The largest absolute Gasteiger partial charge is 0.380 e. The van der Waals surface area contributed by atoms with Crippen LogP contribution in [0.5, 0.6) is 0 Å². The summed E-state index contributed by atoms with van der Waals surface area (Å²) < 4.78 is 65.9. The number of benzene rings is 1. The Morgan fingerprint density at radius 2 is 1.97 bits per heavy atom. The zero-order valence-electron chi connectivity index (χ0n) is 21.0. The number of sulfone groups is 1. The van der Waals surface area contributed by atoms with E-state index in [0.29, 0.717) is 18.6 Å². The van der Waals surface area contributed by atoms with E-state index >= 15 is 0 Å². The Morgan fingerprint density at radius 3 is 2.61 bits per heavy atom. The highest BCUT2D eigenvalue weighted by atomic mass is 32.2. The van der Waals surface area contributed by atoms with Gasteiger partial charge < -0.3 is 20.1 Å². The maximum Gasteiger partial charge on any atom is 0.295 e. The van der Waals surface area contributed by atoms with Crippen molar-refractivity contribution in [2.75, 3.05) is 30.6 Å². The Labute approximate surface area is 218 Å². The van der Waals surface area contributed by atoms with Crippen LogP contribution in [0.1, 0.15) is 56.1 Å². The van der Waals surface area contributed by atoms with Crippen molar-refractivity contribution in [1.29, 1.82) is 0 Å². The number of imidazole rings is 1. The highest BCUT2D eigenvalue weighted by Crippen LogP contribution is 2.38. The lowest BCUT2D eigenvalue weighted by molar-refractivity contribution is -0.117. The van der Waals surface area contributed by atoms with Gasteiger partial charge in [0.1, 0.15) is 17.6 Å². The van der Waals surface area contributed by atoms with Gasteiger partial charge in [0.05, 0.1) is 22.9 Å². The predicted octanol–water partition coefficient (Wildman–Crippen LogP) is 4.71. The number of amides is 1. The van der Waals surface area contributed by atoms with Crippen molar-refractivity contribution < 1.29 is 31.5 Å². The number of hydrogen-bond donors (Lipinski definition) is 2. The zero-order valence-corrected chi connectivity index (χ0v) is 21.9. The third kappa shape index (κ3) is 5.49. The first kappa shape index (κ1) is 26.4. The van der Waals surface area contributed by atoms with Crippen molar-refractivity contribution in [3.8, 4) is 0 Å². The molecule has 1 amide bonds. The lowest BCUT2D eigenvalue weighted by atomic mass is 10.2. The summed E-state index contributed by atoms with van der Waals surface area (Å²) in [6.45, 7) is 0.630. The topological polar surface area (TPSA) is 124 Å². The average molecular weight is 550 g/mol. The summed E-state index contributed by atoms with van der Waals surface area (Å²) in [5.74, 6) is -0.687. The number of halogens is 2. The van der Waals surface area contributed by atoms with Gasteiger partial charge in [-0.05, 0) is 49.8 Å². The van der Waals surface area contributed by atoms with Gasteiger partial charge in [0, 0.05) is 32.0 Å². The van der Waals surface area contributed by atoms with Gasteiger partial charge in [-0.15, -0.1) is 0 Å². The highest BCUT2D eigenvalue weighted by Gasteiger charge is 2.32. The summed E-state index contributed by atoms with van der Waals surface area (Å²) >= 11 is 0. The number of aromatic nitrogens is 3. The molecule has 3 heterocycles. The van der Waals surface area contributed by atoms with Crippen LogP contribution in [-0.4, -0.2) is 48.8 Å². The number of anilines is 3. The van der Waals surface area contributed by atoms with Crippen LogP contribution in [0.2, 0.25) is 0 Å². The molecule has 5 rings (SSSR count). The Hall–Kier alpha value is -3.16. The van der Waals surface area contributed by atoms with Crippen molar-refractivity contribution in [2.24, 2.45) is 5.92 Å². The van der Waals surface area contributed by atoms with Gasteiger partial charge in [-0.25, -0.2) is 27.2 Å². The van der Waals surface area contributed by atoms with E-state index in [1.165, 1.54) is 23.8 Å². The molecular weight excluding hydrogens is 520 g/mol. The number of ether oxygens (including phenoxy) is 2. The molecule has 2 aromatic heterocycles. The Balaban J connectivity index is 1.66. The minimum atomic E-state index is -3.68. The summed E-state index contributed by atoms with van der Waals surface area (Å²) in [5.41, 5.74) is 1.32. The lowest BCUT2D eigenvalue weighted by Crippen LogP contribution is -2.21. The van der Waals surface area contributed by atoms with E-state index in [0.717, 1.165) is 31.9 Å². The second-order valence-electron chi connectivity index (χ2n) is 9.61. The quantitative estimate of drug-likeness (QED) is 0.393. The Morgan fingerprint density at radius 1 is 1.18 bits per heavy atom. The van der Waals surface area contributed by atoms with Gasteiger partial charge in [0.15, 0.2) is 21.3 Å². The summed E-state index contributed by atoms with van der Waals surface area (Å²) in [6.07, 6.45) is 1.15. The monoisotopic (exact) mass is 549 g/mol. The van der Waals surface area contributed by atoms with Crippen molar-refractivity contribution in [1.82, 2.24) is 14.5 Å². The van der Waals surface area contributed by atoms with Gasteiger partial charge in [-0.2, -0.15) is 0 Å². The zero-order chi connectivity index (χ0) is 27.0. The third-order valence-electron chi connectivity index (χ3n) is 6.54. The second kappa shape index (κ2) is 10.5. The Kier molecular flexibility index (Phi) is 7.34. The van der Waals surface area contributed by atoms with Gasteiger partial charge in [-0.3, -0.25) is 9.36 Å². The molecular formula is C25H29F2N5O5S. The summed E-state index contributed by atoms with van der Waals surface area (Å²) in [7, 11) is -2.18. The standard InChI is InChI=1S/C25H29F2N5O5S/c1-36-13-14-6-9-16(18(11-14)38(2,34)35)28-17-12-19(30-25(33)15-7-8-15)29-23-21(17)31-24(22(26)27)32(23)20-5-3-4-10-37-20/h6,9,11-12,15,20,22H,3-5,7-8,10,13H2,1-2H3,(H2,28,29,30,33). The van der Waals surface area contributed by atoms with E-state index in [9.17, 15) is 22.0 Å². The molecule has 204 valence electrons. The van der Waals surface area contributed by atoms with Crippen LogP contribution in [0, 0.1) is 5.92 Å². The van der Waals surface area contributed by atoms with E-state index in [1.807, 2.05) is 0 Å². The first-order valence-corrected chi connectivity index (χ1v) is 14.3. The molecule has 13 heteroatoms. The van der Waals surface area contributed by atoms with Gasteiger partial charge in [0.2, 0.25) is 5.91 Å². The first-order valence-electron chi connectivity index (χ1n) is 12.4. The van der Waals surface area contributed by atoms with Crippen LogP contribution in [0.15, 0.2) is 29.2 Å². The second-order valence-corrected chi connectivity index (χ2v) is 11.6. The Bertz CT molecular complexity index is 1470. The van der Waals surface area contributed by atoms with Gasteiger partial charge in [0.25, 0.3) is 6.43 Å². The smallest absolute Gasteiger partial charge is 0.295 e. The molecule has 0 spiro atoms. The number of methoxy groups -OCH3 is 1. The van der Waals surface area contributed by atoms with Crippen LogP contribution >= 0.6 is 0 Å². The average Bonchev–Trinajstić information content (AvgIpc) is 3.65. The molecule has 1 aromatic carbocycles. The fourth-order valence-corrected chi connectivity index (χ4v) is 5.44. The fraction of sp³-hybridized carbons (Fsp3) is 0.480. The van der Waals surface area contributed by atoms with Crippen LogP contribution < -0.4 is 10.6 Å². The number of carbonyl (C=O) groups excluding carboxylic acids is 1. The first-order chi connectivity index (χ1) is 18.2. The van der Waals surface area contributed by atoms with E-state index in [-0.39, 0.29) is 51.7 Å². The molecule has 10 nitrogen and oxygen atoms in total. The number of fused-ring (bicyclic) bond motifs is 1. The molecule has 1 saturated carbocycles. The number of carbonyl (C=O) groups is 1. The molecule has 0 radical (unpaired) electrons. The van der Waals surface area contributed by atoms with Gasteiger partial charge in [-0.1, -0.05) is 6.07 Å². The maximum absolute atomic E-state index is 14.2. The predicted molar refractivity (Wildman–Crippen MR) is 136 cm³/mol. The van der Waals surface area contributed by atoms with Crippen LogP contribution in [0.3, 0.4) is 0 Å². The summed E-state index contributed by atoms with van der Waals surface area (Å²) in [4.78, 5) is 21.3. The normalized spacial score (nSPS) is 18.2. The molecule has 1 unspecified atom stereocenters. The number of pyridine rings is 1. The van der Waals surface area contributed by atoms with Crippen LogP contribution in [0.4, 0.5) is 26.0 Å². The SMILES string of the molecule is COCc1ccc(Nc2cc(NC(=O)C3CC3)nc3c2nc(C(F)F)n3C2CCCCO2)c(S(C)(=O)=O)c1. The molecule has 1 atom stereocenters. The third-order valence-corrected chi connectivity index (χ3v) is 7.68. The van der Waals surface area contributed by atoms with E-state index in [2.05, 4.69) is 20.6 Å². The van der Waals surface area contributed by atoms with Crippen molar-refractivity contribution in [2.45, 2.75) is 56.3 Å². The molecule has 1 aliphatic carbocycles. The molecule has 2 aliphatic rings. The number of alkyl halides is 2. The van der Waals surface area contributed by atoms with Crippen molar-refractivity contribution in [3.63, 3.8) is 0 Å². The van der Waals surface area contributed by atoms with Crippen LogP contribution in [-0.2, 0) is 30.7 Å².